The Bertz CT molecular complexity index is 491. The molecule has 0 unspecified atom stereocenters. The maximum absolute atomic E-state index is 12.5. The Balaban J connectivity index is 3.19. The van der Waals surface area contributed by atoms with Crippen molar-refractivity contribution < 1.29 is 14.0 Å². The highest BCUT2D eigenvalue weighted by Crippen LogP contribution is 2.40. The van der Waals surface area contributed by atoms with Crippen LogP contribution in [0.5, 0.6) is 0 Å². The fraction of sp³-hybridized carbons (Fsp3) is 0.632. The molecule has 0 aromatic heterocycles. The SMILES string of the molecule is CCC[C@H](O[Si](C)(C)C(C)(C)C)[C@H](C(=O)OC)c1ccccc1. The number of carbonyl (C=O) groups excluding carboxylic acids is 1. The van der Waals surface area contributed by atoms with E-state index >= 15 is 0 Å². The molecule has 0 saturated heterocycles. The van der Waals surface area contributed by atoms with E-state index in [0.29, 0.717) is 0 Å². The van der Waals surface area contributed by atoms with Crippen molar-refractivity contribution >= 4 is 14.3 Å². The molecule has 0 fully saturated rings. The Morgan fingerprint density at radius 1 is 1.17 bits per heavy atom. The van der Waals surface area contributed by atoms with Crippen molar-refractivity contribution in [1.82, 2.24) is 0 Å². The van der Waals surface area contributed by atoms with E-state index in [1.54, 1.807) is 0 Å². The zero-order chi connectivity index (χ0) is 17.7. The lowest BCUT2D eigenvalue weighted by atomic mass is 9.91. The van der Waals surface area contributed by atoms with E-state index in [0.717, 1.165) is 18.4 Å². The molecule has 2 atom stereocenters. The largest absolute Gasteiger partial charge is 0.468 e. The van der Waals surface area contributed by atoms with Crippen molar-refractivity contribution in [1.29, 1.82) is 0 Å². The van der Waals surface area contributed by atoms with E-state index < -0.39 is 8.32 Å². The van der Waals surface area contributed by atoms with Gasteiger partial charge in [0.1, 0.15) is 5.92 Å². The van der Waals surface area contributed by atoms with E-state index in [9.17, 15) is 4.79 Å². The molecular formula is C19H32O3Si. The number of benzene rings is 1. The van der Waals surface area contributed by atoms with Gasteiger partial charge in [0.05, 0.1) is 13.2 Å². The monoisotopic (exact) mass is 336 g/mol. The second kappa shape index (κ2) is 8.11. The van der Waals surface area contributed by atoms with Crippen LogP contribution >= 0.6 is 0 Å². The van der Waals surface area contributed by atoms with E-state index in [4.69, 9.17) is 9.16 Å². The van der Waals surface area contributed by atoms with E-state index in [1.807, 2.05) is 30.3 Å². The molecule has 1 aromatic rings. The number of rotatable bonds is 7. The summed E-state index contributed by atoms with van der Waals surface area (Å²) < 4.78 is 11.7. The van der Waals surface area contributed by atoms with Crippen LogP contribution in [0.2, 0.25) is 18.1 Å². The van der Waals surface area contributed by atoms with Gasteiger partial charge in [0.2, 0.25) is 0 Å². The van der Waals surface area contributed by atoms with Crippen molar-refractivity contribution in [3.8, 4) is 0 Å². The number of carbonyl (C=O) groups is 1. The van der Waals surface area contributed by atoms with Gasteiger partial charge in [-0.15, -0.1) is 0 Å². The van der Waals surface area contributed by atoms with Gasteiger partial charge in [-0.05, 0) is 30.1 Å². The Morgan fingerprint density at radius 2 is 1.74 bits per heavy atom. The fourth-order valence-corrected chi connectivity index (χ4v) is 3.79. The van der Waals surface area contributed by atoms with Crippen LogP contribution in [0.25, 0.3) is 0 Å². The molecule has 0 aliphatic heterocycles. The van der Waals surface area contributed by atoms with Crippen LogP contribution < -0.4 is 0 Å². The van der Waals surface area contributed by atoms with E-state index in [1.165, 1.54) is 7.11 Å². The summed E-state index contributed by atoms with van der Waals surface area (Å²) in [5.74, 6) is -0.580. The lowest BCUT2D eigenvalue weighted by molar-refractivity contribution is -0.145. The lowest BCUT2D eigenvalue weighted by Gasteiger charge is -2.41. The molecular weight excluding hydrogens is 304 g/mol. The molecule has 4 heteroatoms. The highest BCUT2D eigenvalue weighted by Gasteiger charge is 2.42. The van der Waals surface area contributed by atoms with Crippen molar-refractivity contribution in [3.05, 3.63) is 35.9 Å². The van der Waals surface area contributed by atoms with Crippen molar-refractivity contribution in [3.63, 3.8) is 0 Å². The molecule has 0 bridgehead atoms. The van der Waals surface area contributed by atoms with Crippen molar-refractivity contribution in [2.45, 2.75) is 70.7 Å². The molecule has 0 aliphatic rings. The van der Waals surface area contributed by atoms with Crippen LogP contribution in [0.15, 0.2) is 30.3 Å². The molecule has 1 rings (SSSR count). The third kappa shape index (κ3) is 5.18. The molecule has 0 radical (unpaired) electrons. The van der Waals surface area contributed by atoms with E-state index in [-0.39, 0.29) is 23.0 Å². The predicted octanol–water partition coefficient (Wildman–Crippen LogP) is 5.13. The first-order valence-electron chi connectivity index (χ1n) is 8.44. The maximum atomic E-state index is 12.5. The number of ether oxygens (including phenoxy) is 1. The minimum Gasteiger partial charge on any atom is -0.468 e. The Labute approximate surface area is 142 Å². The number of methoxy groups -OCH3 is 1. The topological polar surface area (TPSA) is 35.5 Å². The van der Waals surface area contributed by atoms with Crippen LogP contribution in [-0.2, 0) is 14.0 Å². The van der Waals surface area contributed by atoms with Crippen LogP contribution in [0, 0.1) is 0 Å². The van der Waals surface area contributed by atoms with Crippen molar-refractivity contribution in [2.75, 3.05) is 7.11 Å². The standard InChI is InChI=1S/C19H32O3Si/c1-8-12-16(22-23(6,7)19(2,3)4)17(18(20)21-5)15-13-10-9-11-14-15/h9-11,13-14,16-17H,8,12H2,1-7H3/t16-,17+/m0/s1. The van der Waals surface area contributed by atoms with Gasteiger partial charge < -0.3 is 9.16 Å². The lowest BCUT2D eigenvalue weighted by Crippen LogP contribution is -2.46. The molecule has 1 aromatic carbocycles. The zero-order valence-electron chi connectivity index (χ0n) is 15.7. The molecule has 0 amide bonds. The molecule has 3 nitrogen and oxygen atoms in total. The van der Waals surface area contributed by atoms with Crippen molar-refractivity contribution in [2.24, 2.45) is 0 Å². The molecule has 0 N–H and O–H groups in total. The number of hydrogen-bond acceptors (Lipinski definition) is 3. The first kappa shape index (κ1) is 19.9. The third-order valence-corrected chi connectivity index (χ3v) is 9.32. The Hall–Kier alpha value is -1.13. The maximum Gasteiger partial charge on any atom is 0.315 e. The first-order chi connectivity index (χ1) is 10.6. The molecule has 0 heterocycles. The number of esters is 1. The van der Waals surface area contributed by atoms with Crippen LogP contribution in [0.3, 0.4) is 0 Å². The average Bonchev–Trinajstić information content (AvgIpc) is 2.47. The summed E-state index contributed by atoms with van der Waals surface area (Å²) in [6.45, 7) is 13.2. The van der Waals surface area contributed by atoms with Gasteiger partial charge in [0.15, 0.2) is 8.32 Å². The molecule has 0 spiro atoms. The van der Waals surface area contributed by atoms with Gasteiger partial charge in [-0.1, -0.05) is 64.4 Å². The fourth-order valence-electron chi connectivity index (χ4n) is 2.42. The highest BCUT2D eigenvalue weighted by atomic mass is 28.4. The minimum absolute atomic E-state index is 0.107. The van der Waals surface area contributed by atoms with Crippen LogP contribution in [0.1, 0.15) is 52.0 Å². The summed E-state index contributed by atoms with van der Waals surface area (Å²) in [5.41, 5.74) is 0.969. The molecule has 130 valence electrons. The summed E-state index contributed by atoms with van der Waals surface area (Å²) in [5, 5.41) is 0.107. The summed E-state index contributed by atoms with van der Waals surface area (Å²) >= 11 is 0. The molecule has 23 heavy (non-hydrogen) atoms. The smallest absolute Gasteiger partial charge is 0.315 e. The Kier molecular flexibility index (Phi) is 7.02. The second-order valence-corrected chi connectivity index (χ2v) is 12.4. The van der Waals surface area contributed by atoms with Gasteiger partial charge in [-0.3, -0.25) is 4.79 Å². The van der Waals surface area contributed by atoms with Crippen LogP contribution in [-0.4, -0.2) is 27.5 Å². The summed E-state index contributed by atoms with van der Waals surface area (Å²) in [6.07, 6.45) is 1.68. The van der Waals surface area contributed by atoms with Gasteiger partial charge in [0.25, 0.3) is 0 Å². The average molecular weight is 337 g/mol. The van der Waals surface area contributed by atoms with Gasteiger partial charge in [-0.2, -0.15) is 0 Å². The quantitative estimate of drug-likeness (QED) is 0.511. The normalized spacial score (nSPS) is 15.1. The predicted molar refractivity (Wildman–Crippen MR) is 98.2 cm³/mol. The minimum atomic E-state index is -1.97. The second-order valence-electron chi connectivity index (χ2n) is 7.62. The van der Waals surface area contributed by atoms with Gasteiger partial charge in [0, 0.05) is 0 Å². The van der Waals surface area contributed by atoms with Gasteiger partial charge >= 0.3 is 5.97 Å². The van der Waals surface area contributed by atoms with Crippen LogP contribution in [0.4, 0.5) is 0 Å². The summed E-state index contributed by atoms with van der Waals surface area (Å²) in [6, 6.07) is 9.85. The summed E-state index contributed by atoms with van der Waals surface area (Å²) in [4.78, 5) is 12.5. The first-order valence-corrected chi connectivity index (χ1v) is 11.4. The molecule has 0 aliphatic carbocycles. The third-order valence-electron chi connectivity index (χ3n) is 4.81. The summed E-state index contributed by atoms with van der Waals surface area (Å²) in [7, 11) is -0.515. The Morgan fingerprint density at radius 3 is 2.17 bits per heavy atom. The number of hydrogen-bond donors (Lipinski definition) is 0. The molecule has 0 saturated carbocycles. The van der Waals surface area contributed by atoms with Gasteiger partial charge in [-0.25, -0.2) is 0 Å². The zero-order valence-corrected chi connectivity index (χ0v) is 16.7. The van der Waals surface area contributed by atoms with E-state index in [2.05, 4.69) is 40.8 Å². The highest BCUT2D eigenvalue weighted by molar-refractivity contribution is 6.74.